The van der Waals surface area contributed by atoms with Gasteiger partial charge < -0.3 is 16.2 Å². The predicted molar refractivity (Wildman–Crippen MR) is 66.4 cm³/mol. The van der Waals surface area contributed by atoms with Gasteiger partial charge in [0.1, 0.15) is 11.6 Å². The lowest BCUT2D eigenvalue weighted by atomic mass is 10.1. The highest BCUT2D eigenvalue weighted by molar-refractivity contribution is 7.80. The van der Waals surface area contributed by atoms with Crippen molar-refractivity contribution in [2.45, 2.75) is 19.4 Å². The van der Waals surface area contributed by atoms with Crippen molar-refractivity contribution in [2.75, 3.05) is 0 Å². The molecule has 0 aromatic heterocycles. The number of carbonyl (C=O) groups is 1. The van der Waals surface area contributed by atoms with E-state index in [-0.39, 0.29) is 22.3 Å². The number of nitrogens with one attached hydrogen (secondary N) is 1. The van der Waals surface area contributed by atoms with Crippen molar-refractivity contribution in [1.82, 2.24) is 5.32 Å². The van der Waals surface area contributed by atoms with Crippen LogP contribution in [0.1, 0.15) is 23.7 Å². The summed E-state index contributed by atoms with van der Waals surface area (Å²) in [5, 5.41) is 12.0. The fourth-order valence-corrected chi connectivity index (χ4v) is 1.59. The molecule has 4 N–H and O–H groups in total. The number of carbonyl (C=O) groups excluding carboxylic acids is 1. The molecule has 1 atom stereocenters. The maximum Gasteiger partial charge on any atom is 0.255 e. The van der Waals surface area contributed by atoms with Gasteiger partial charge in [0, 0.05) is 12.5 Å². The Kier molecular flexibility index (Phi) is 4.39. The average molecular weight is 256 g/mol. The number of hydrogen-bond acceptors (Lipinski definition) is 3. The Morgan fingerprint density at radius 2 is 2.29 bits per heavy atom. The summed E-state index contributed by atoms with van der Waals surface area (Å²) in [6, 6.07) is 2.90. The predicted octanol–water partition coefficient (Wildman–Crippen LogP) is 1.33. The van der Waals surface area contributed by atoms with Gasteiger partial charge in [-0.3, -0.25) is 4.79 Å². The van der Waals surface area contributed by atoms with Gasteiger partial charge in [0.15, 0.2) is 0 Å². The number of aromatic hydroxyl groups is 1. The highest BCUT2D eigenvalue weighted by Crippen LogP contribution is 2.17. The van der Waals surface area contributed by atoms with E-state index in [4.69, 9.17) is 18.0 Å². The van der Waals surface area contributed by atoms with Gasteiger partial charge in [0.2, 0.25) is 0 Å². The number of nitrogens with two attached hydrogens (primary N) is 1. The number of phenolic OH excluding ortho intramolecular Hbond substituents is 1. The number of thiocarbonyl (C=S) groups is 1. The van der Waals surface area contributed by atoms with E-state index < -0.39 is 11.7 Å². The lowest BCUT2D eigenvalue weighted by molar-refractivity contribution is 0.0938. The minimum absolute atomic E-state index is 0.111. The summed E-state index contributed by atoms with van der Waals surface area (Å²) in [6.45, 7) is 1.72. The Morgan fingerprint density at radius 3 is 2.88 bits per heavy atom. The number of rotatable bonds is 4. The molecule has 0 saturated carbocycles. The van der Waals surface area contributed by atoms with Crippen molar-refractivity contribution in [2.24, 2.45) is 5.73 Å². The molecule has 1 aromatic rings. The highest BCUT2D eigenvalue weighted by Gasteiger charge is 2.14. The first-order chi connectivity index (χ1) is 7.90. The van der Waals surface area contributed by atoms with Gasteiger partial charge >= 0.3 is 0 Å². The van der Waals surface area contributed by atoms with Crippen LogP contribution in [-0.4, -0.2) is 22.0 Å². The summed E-state index contributed by atoms with van der Waals surface area (Å²) in [4.78, 5) is 12.0. The van der Waals surface area contributed by atoms with E-state index in [0.29, 0.717) is 6.42 Å². The molecular weight excluding hydrogens is 243 g/mol. The standard InChI is InChI=1S/C11H13FN2O2S/c1-6(4-10(13)17)14-11(16)8-5-7(12)2-3-9(8)15/h2-3,5-6,15H,4H2,1H3,(H2,13,17)(H,14,16). The molecule has 0 spiro atoms. The van der Waals surface area contributed by atoms with Crippen molar-refractivity contribution in [3.05, 3.63) is 29.6 Å². The molecule has 6 heteroatoms. The quantitative estimate of drug-likeness (QED) is 0.710. The summed E-state index contributed by atoms with van der Waals surface area (Å²) in [7, 11) is 0. The largest absolute Gasteiger partial charge is 0.507 e. The molecule has 1 amide bonds. The third-order valence-corrected chi connectivity index (χ3v) is 2.25. The zero-order valence-corrected chi connectivity index (χ0v) is 10.1. The van der Waals surface area contributed by atoms with Gasteiger partial charge in [-0.15, -0.1) is 0 Å². The Morgan fingerprint density at radius 1 is 1.65 bits per heavy atom. The minimum atomic E-state index is -0.588. The number of hydrogen-bond donors (Lipinski definition) is 3. The Hall–Kier alpha value is -1.69. The van der Waals surface area contributed by atoms with E-state index in [0.717, 1.165) is 18.2 Å². The molecule has 1 unspecified atom stereocenters. The molecule has 0 heterocycles. The van der Waals surface area contributed by atoms with Gasteiger partial charge in [-0.2, -0.15) is 0 Å². The van der Waals surface area contributed by atoms with Crippen LogP contribution in [-0.2, 0) is 0 Å². The second-order valence-electron chi connectivity index (χ2n) is 3.71. The molecule has 4 nitrogen and oxygen atoms in total. The number of phenols is 1. The molecule has 0 aliphatic carbocycles. The molecular formula is C11H13FN2O2S. The van der Waals surface area contributed by atoms with Crippen LogP contribution in [0.3, 0.4) is 0 Å². The van der Waals surface area contributed by atoms with E-state index in [1.807, 2.05) is 0 Å². The smallest absolute Gasteiger partial charge is 0.255 e. The molecule has 1 aromatic carbocycles. The summed E-state index contributed by atoms with van der Waals surface area (Å²) in [5.41, 5.74) is 5.22. The van der Waals surface area contributed by atoms with E-state index in [2.05, 4.69) is 5.32 Å². The van der Waals surface area contributed by atoms with Gasteiger partial charge in [-0.1, -0.05) is 12.2 Å². The van der Waals surface area contributed by atoms with Crippen molar-refractivity contribution in [1.29, 1.82) is 0 Å². The monoisotopic (exact) mass is 256 g/mol. The fourth-order valence-electron chi connectivity index (χ4n) is 1.34. The Bertz CT molecular complexity index is 451. The summed E-state index contributed by atoms with van der Waals surface area (Å²) < 4.78 is 12.9. The van der Waals surface area contributed by atoms with Crippen molar-refractivity contribution >= 4 is 23.1 Å². The Labute approximate surface area is 104 Å². The SMILES string of the molecule is CC(CC(N)=S)NC(=O)c1cc(F)ccc1O. The van der Waals surface area contributed by atoms with Crippen LogP contribution >= 0.6 is 12.2 Å². The maximum atomic E-state index is 12.9. The van der Waals surface area contributed by atoms with Crippen LogP contribution in [0.15, 0.2) is 18.2 Å². The molecule has 92 valence electrons. The third kappa shape index (κ3) is 3.99. The van der Waals surface area contributed by atoms with Gasteiger partial charge in [0.05, 0.1) is 10.6 Å². The lowest BCUT2D eigenvalue weighted by Crippen LogP contribution is -2.35. The van der Waals surface area contributed by atoms with Crippen LogP contribution in [0.4, 0.5) is 4.39 Å². The molecule has 1 rings (SSSR count). The van der Waals surface area contributed by atoms with Crippen molar-refractivity contribution in [3.63, 3.8) is 0 Å². The molecule has 0 aliphatic rings. The summed E-state index contributed by atoms with van der Waals surface area (Å²) >= 11 is 4.70. The van der Waals surface area contributed by atoms with E-state index in [1.54, 1.807) is 6.92 Å². The number of halogens is 1. The van der Waals surface area contributed by atoms with Gasteiger partial charge in [-0.05, 0) is 25.1 Å². The van der Waals surface area contributed by atoms with Gasteiger partial charge in [-0.25, -0.2) is 4.39 Å². The fraction of sp³-hybridized carbons (Fsp3) is 0.273. The van der Waals surface area contributed by atoms with Crippen molar-refractivity contribution < 1.29 is 14.3 Å². The molecule has 0 saturated heterocycles. The molecule has 0 aliphatic heterocycles. The zero-order valence-electron chi connectivity index (χ0n) is 9.24. The zero-order chi connectivity index (χ0) is 13.0. The second kappa shape index (κ2) is 5.58. The van der Waals surface area contributed by atoms with Crippen LogP contribution in [0.2, 0.25) is 0 Å². The van der Waals surface area contributed by atoms with E-state index in [9.17, 15) is 14.3 Å². The van der Waals surface area contributed by atoms with Crippen molar-refractivity contribution in [3.8, 4) is 5.75 Å². The number of amides is 1. The molecule has 17 heavy (non-hydrogen) atoms. The van der Waals surface area contributed by atoms with Crippen LogP contribution < -0.4 is 11.1 Å². The normalized spacial score (nSPS) is 11.9. The first-order valence-corrected chi connectivity index (χ1v) is 5.38. The number of benzene rings is 1. The average Bonchev–Trinajstić information content (AvgIpc) is 2.20. The molecule has 0 bridgehead atoms. The summed E-state index contributed by atoms with van der Waals surface area (Å²) in [6.07, 6.45) is 0.344. The topological polar surface area (TPSA) is 75.3 Å². The first kappa shape index (κ1) is 13.4. The van der Waals surface area contributed by atoms with Gasteiger partial charge in [0.25, 0.3) is 5.91 Å². The van der Waals surface area contributed by atoms with Crippen LogP contribution in [0, 0.1) is 5.82 Å². The molecule has 0 fully saturated rings. The van der Waals surface area contributed by atoms with Crippen LogP contribution in [0.5, 0.6) is 5.75 Å². The summed E-state index contributed by atoms with van der Waals surface area (Å²) in [5.74, 6) is -1.42. The highest BCUT2D eigenvalue weighted by atomic mass is 32.1. The molecule has 0 radical (unpaired) electrons. The van der Waals surface area contributed by atoms with Crippen LogP contribution in [0.25, 0.3) is 0 Å². The lowest BCUT2D eigenvalue weighted by Gasteiger charge is -2.13. The first-order valence-electron chi connectivity index (χ1n) is 4.98. The third-order valence-electron chi connectivity index (χ3n) is 2.09. The Balaban J connectivity index is 2.76. The maximum absolute atomic E-state index is 12.9. The van der Waals surface area contributed by atoms with E-state index in [1.165, 1.54) is 0 Å². The second-order valence-corrected chi connectivity index (χ2v) is 4.23. The van der Waals surface area contributed by atoms with E-state index >= 15 is 0 Å². The minimum Gasteiger partial charge on any atom is -0.507 e.